The lowest BCUT2D eigenvalue weighted by Gasteiger charge is -2.15. The Morgan fingerprint density at radius 2 is 1.58 bits per heavy atom. The summed E-state index contributed by atoms with van der Waals surface area (Å²) in [6.07, 6.45) is 2.83. The first-order valence-corrected chi connectivity index (χ1v) is 6.63. The fraction of sp³-hybridized carbons (Fsp3) is 0.222. The minimum Gasteiger partial charge on any atom is -0.504 e. The van der Waals surface area contributed by atoms with E-state index in [2.05, 4.69) is 61.5 Å². The minimum atomic E-state index is 0.475. The van der Waals surface area contributed by atoms with Gasteiger partial charge in [0.1, 0.15) is 0 Å². The van der Waals surface area contributed by atoms with Crippen molar-refractivity contribution in [2.45, 2.75) is 19.3 Å². The molecule has 98 valence electrons. The second-order valence-corrected chi connectivity index (χ2v) is 4.76. The predicted octanol–water partition coefficient (Wildman–Crippen LogP) is 4.87. The molecule has 0 bridgehead atoms. The standard InChI is InChI=1S/C18H20O/c1-15(16-9-5-3-6-10-16)13-18(14-19-2)17-11-7-4-8-12-17/h3-12,14-15H,13H2,1-2H3/b18-14-. The Morgan fingerprint density at radius 1 is 1.00 bits per heavy atom. The summed E-state index contributed by atoms with van der Waals surface area (Å²) in [4.78, 5) is 0. The van der Waals surface area contributed by atoms with Crippen LogP contribution in [0.15, 0.2) is 66.9 Å². The molecule has 0 saturated heterocycles. The zero-order valence-corrected chi connectivity index (χ0v) is 11.5. The first-order valence-electron chi connectivity index (χ1n) is 6.63. The number of methoxy groups -OCH3 is 1. The molecule has 1 unspecified atom stereocenters. The Balaban J connectivity index is 2.17. The normalized spacial score (nSPS) is 13.1. The van der Waals surface area contributed by atoms with E-state index in [1.165, 1.54) is 16.7 Å². The van der Waals surface area contributed by atoms with Gasteiger partial charge in [-0.3, -0.25) is 0 Å². The van der Waals surface area contributed by atoms with Crippen LogP contribution in [0.3, 0.4) is 0 Å². The molecule has 0 heterocycles. The highest BCUT2D eigenvalue weighted by Gasteiger charge is 2.10. The third kappa shape index (κ3) is 3.72. The van der Waals surface area contributed by atoms with Gasteiger partial charge in [-0.05, 0) is 29.0 Å². The predicted molar refractivity (Wildman–Crippen MR) is 80.9 cm³/mol. The van der Waals surface area contributed by atoms with Gasteiger partial charge in [-0.1, -0.05) is 67.6 Å². The first kappa shape index (κ1) is 13.4. The second kappa shape index (κ2) is 6.79. The van der Waals surface area contributed by atoms with Crippen molar-refractivity contribution in [3.8, 4) is 0 Å². The van der Waals surface area contributed by atoms with Gasteiger partial charge in [0.25, 0.3) is 0 Å². The van der Waals surface area contributed by atoms with E-state index in [1.807, 2.05) is 12.3 Å². The van der Waals surface area contributed by atoms with E-state index >= 15 is 0 Å². The fourth-order valence-electron chi connectivity index (χ4n) is 2.26. The Labute approximate surface area is 115 Å². The van der Waals surface area contributed by atoms with E-state index in [1.54, 1.807) is 7.11 Å². The first-order chi connectivity index (χ1) is 9.31. The molecule has 1 nitrogen and oxygen atoms in total. The summed E-state index contributed by atoms with van der Waals surface area (Å²) in [6.45, 7) is 2.25. The van der Waals surface area contributed by atoms with Gasteiger partial charge in [0.2, 0.25) is 0 Å². The van der Waals surface area contributed by atoms with Crippen LogP contribution in [0.5, 0.6) is 0 Å². The van der Waals surface area contributed by atoms with Crippen molar-refractivity contribution in [3.05, 3.63) is 78.1 Å². The largest absolute Gasteiger partial charge is 0.504 e. The van der Waals surface area contributed by atoms with Crippen LogP contribution in [-0.4, -0.2) is 7.11 Å². The maximum atomic E-state index is 5.23. The Kier molecular flexibility index (Phi) is 4.79. The molecule has 1 atom stereocenters. The smallest absolute Gasteiger partial charge is 0.0862 e. The summed E-state index contributed by atoms with van der Waals surface area (Å²) < 4.78 is 5.23. The van der Waals surface area contributed by atoms with Crippen molar-refractivity contribution < 1.29 is 4.74 Å². The summed E-state index contributed by atoms with van der Waals surface area (Å²) in [6, 6.07) is 21.0. The average molecular weight is 252 g/mol. The Hall–Kier alpha value is -2.02. The highest BCUT2D eigenvalue weighted by atomic mass is 16.5. The topological polar surface area (TPSA) is 9.23 Å². The minimum absolute atomic E-state index is 0.475. The van der Waals surface area contributed by atoms with E-state index in [0.29, 0.717) is 5.92 Å². The van der Waals surface area contributed by atoms with Gasteiger partial charge in [-0.2, -0.15) is 0 Å². The molecule has 0 amide bonds. The van der Waals surface area contributed by atoms with Crippen molar-refractivity contribution in [3.63, 3.8) is 0 Å². The molecule has 19 heavy (non-hydrogen) atoms. The lowest BCUT2D eigenvalue weighted by Crippen LogP contribution is -1.96. The van der Waals surface area contributed by atoms with Gasteiger partial charge in [0.05, 0.1) is 13.4 Å². The zero-order valence-electron chi connectivity index (χ0n) is 11.5. The molecule has 0 N–H and O–H groups in total. The van der Waals surface area contributed by atoms with Crippen LogP contribution in [0.4, 0.5) is 0 Å². The number of allylic oxidation sites excluding steroid dienone is 1. The van der Waals surface area contributed by atoms with E-state index in [9.17, 15) is 0 Å². The summed E-state index contributed by atoms with van der Waals surface area (Å²) in [5.41, 5.74) is 3.83. The quantitative estimate of drug-likeness (QED) is 0.690. The average Bonchev–Trinajstić information content (AvgIpc) is 2.48. The number of hydrogen-bond donors (Lipinski definition) is 0. The molecule has 2 rings (SSSR count). The van der Waals surface area contributed by atoms with Crippen molar-refractivity contribution >= 4 is 5.57 Å². The van der Waals surface area contributed by atoms with Crippen LogP contribution in [0.1, 0.15) is 30.4 Å². The number of rotatable bonds is 5. The second-order valence-electron chi connectivity index (χ2n) is 4.76. The molecule has 0 aliphatic carbocycles. The third-order valence-electron chi connectivity index (χ3n) is 3.30. The SMILES string of the molecule is CO/C=C(/CC(C)c1ccccc1)c1ccccc1. The van der Waals surface area contributed by atoms with Crippen LogP contribution in [0.25, 0.3) is 5.57 Å². The molecule has 0 saturated carbocycles. The lowest BCUT2D eigenvalue weighted by molar-refractivity contribution is 0.338. The van der Waals surface area contributed by atoms with Crippen molar-refractivity contribution in [1.29, 1.82) is 0 Å². The molecule has 0 aliphatic heterocycles. The molecular formula is C18H20O. The maximum absolute atomic E-state index is 5.23. The van der Waals surface area contributed by atoms with E-state index < -0.39 is 0 Å². The Morgan fingerprint density at radius 3 is 2.16 bits per heavy atom. The monoisotopic (exact) mass is 252 g/mol. The molecule has 2 aromatic carbocycles. The van der Waals surface area contributed by atoms with Gasteiger partial charge in [-0.15, -0.1) is 0 Å². The fourth-order valence-corrected chi connectivity index (χ4v) is 2.26. The third-order valence-corrected chi connectivity index (χ3v) is 3.30. The van der Waals surface area contributed by atoms with Gasteiger partial charge in [0, 0.05) is 0 Å². The molecule has 2 aromatic rings. The summed E-state index contributed by atoms with van der Waals surface area (Å²) in [5.74, 6) is 0.475. The highest BCUT2D eigenvalue weighted by molar-refractivity contribution is 5.65. The molecule has 0 fully saturated rings. The van der Waals surface area contributed by atoms with E-state index in [-0.39, 0.29) is 0 Å². The van der Waals surface area contributed by atoms with Crippen LogP contribution >= 0.6 is 0 Å². The number of ether oxygens (including phenoxy) is 1. The molecule has 0 spiro atoms. The molecule has 0 radical (unpaired) electrons. The summed E-state index contributed by atoms with van der Waals surface area (Å²) in [7, 11) is 1.70. The van der Waals surface area contributed by atoms with Gasteiger partial charge < -0.3 is 4.74 Å². The molecular weight excluding hydrogens is 232 g/mol. The van der Waals surface area contributed by atoms with Crippen LogP contribution in [0.2, 0.25) is 0 Å². The number of hydrogen-bond acceptors (Lipinski definition) is 1. The molecule has 1 heteroatoms. The molecule has 0 aromatic heterocycles. The van der Waals surface area contributed by atoms with Crippen molar-refractivity contribution in [1.82, 2.24) is 0 Å². The van der Waals surface area contributed by atoms with E-state index in [0.717, 1.165) is 6.42 Å². The van der Waals surface area contributed by atoms with Crippen molar-refractivity contribution in [2.75, 3.05) is 7.11 Å². The molecule has 0 aliphatic rings. The summed E-state index contributed by atoms with van der Waals surface area (Å²) >= 11 is 0. The zero-order chi connectivity index (χ0) is 13.5. The van der Waals surface area contributed by atoms with Gasteiger partial charge in [0.15, 0.2) is 0 Å². The van der Waals surface area contributed by atoms with E-state index in [4.69, 9.17) is 4.74 Å². The Bertz CT molecular complexity index is 514. The summed E-state index contributed by atoms with van der Waals surface area (Å²) in [5, 5.41) is 0. The number of benzene rings is 2. The van der Waals surface area contributed by atoms with Crippen LogP contribution in [0, 0.1) is 0 Å². The highest BCUT2D eigenvalue weighted by Crippen LogP contribution is 2.28. The van der Waals surface area contributed by atoms with Gasteiger partial charge in [-0.25, -0.2) is 0 Å². The van der Waals surface area contributed by atoms with Crippen LogP contribution in [-0.2, 0) is 4.74 Å². The van der Waals surface area contributed by atoms with Crippen LogP contribution < -0.4 is 0 Å². The van der Waals surface area contributed by atoms with Gasteiger partial charge >= 0.3 is 0 Å². The maximum Gasteiger partial charge on any atom is 0.0862 e. The van der Waals surface area contributed by atoms with Crippen molar-refractivity contribution in [2.24, 2.45) is 0 Å². The lowest BCUT2D eigenvalue weighted by atomic mass is 9.91.